The highest BCUT2D eigenvalue weighted by Gasteiger charge is 1.81. The Morgan fingerprint density at radius 3 is 2.55 bits per heavy atom. The number of hydrogen-bond acceptors (Lipinski definition) is 0. The lowest BCUT2D eigenvalue weighted by Gasteiger charge is -1.90. The van der Waals surface area contributed by atoms with Crippen molar-refractivity contribution in [1.29, 1.82) is 0 Å². The first-order valence-electron chi connectivity index (χ1n) is 4.41. The van der Waals surface area contributed by atoms with Crippen molar-refractivity contribution < 1.29 is 0 Å². The van der Waals surface area contributed by atoms with Gasteiger partial charge in [0.05, 0.1) is 0 Å². The smallest absolute Gasteiger partial charge is 0.0274 e. The predicted octanol–water partition coefficient (Wildman–Crippen LogP) is 3.85. The molecule has 0 unspecified atom stereocenters. The van der Waals surface area contributed by atoms with Crippen molar-refractivity contribution in [1.82, 2.24) is 0 Å². The summed E-state index contributed by atoms with van der Waals surface area (Å²) in [5.74, 6) is 0. The van der Waals surface area contributed by atoms with Crippen molar-refractivity contribution in [2.45, 2.75) is 39.0 Å². The van der Waals surface area contributed by atoms with Gasteiger partial charge in [-0.2, -0.15) is 0 Å². The number of rotatable bonds is 6. The fourth-order valence-corrected chi connectivity index (χ4v) is 0.895. The quantitative estimate of drug-likeness (QED) is 0.306. The van der Waals surface area contributed by atoms with Crippen molar-refractivity contribution in [2.24, 2.45) is 0 Å². The molecule has 0 saturated heterocycles. The second kappa shape index (κ2) is 9.26. The molecule has 0 atom stereocenters. The monoisotopic (exact) mass is 150 g/mol. The minimum absolute atomic E-state index is 1.13. The van der Waals surface area contributed by atoms with Gasteiger partial charge >= 0.3 is 0 Å². The summed E-state index contributed by atoms with van der Waals surface area (Å²) >= 11 is 0. The molecule has 0 heteroatoms. The molecule has 0 radical (unpaired) electrons. The normalized spacial score (nSPS) is 9.91. The standard InChI is InChI=1S/C11H18/c1-3-5-7-9-11-10-8-6-4-2/h5-6,8H,1,4,7,9-11H2,2H3. The van der Waals surface area contributed by atoms with E-state index in [-0.39, 0.29) is 0 Å². The molecular formula is C11H18. The summed E-state index contributed by atoms with van der Waals surface area (Å²) in [6, 6.07) is 0. The molecule has 0 fully saturated rings. The van der Waals surface area contributed by atoms with Crippen LogP contribution in [0.15, 0.2) is 30.5 Å². The van der Waals surface area contributed by atoms with Crippen LogP contribution in [0.25, 0.3) is 0 Å². The van der Waals surface area contributed by atoms with Crippen LogP contribution in [-0.4, -0.2) is 0 Å². The Bertz CT molecular complexity index is 136. The van der Waals surface area contributed by atoms with Gasteiger partial charge < -0.3 is 0 Å². The van der Waals surface area contributed by atoms with Gasteiger partial charge in [-0.1, -0.05) is 25.7 Å². The van der Waals surface area contributed by atoms with Crippen molar-refractivity contribution in [3.8, 4) is 0 Å². The van der Waals surface area contributed by atoms with Gasteiger partial charge in [-0.05, 0) is 38.2 Å². The van der Waals surface area contributed by atoms with Gasteiger partial charge in [0.15, 0.2) is 0 Å². The summed E-state index contributed by atoms with van der Waals surface area (Å²) in [5, 5.41) is 0. The summed E-state index contributed by atoms with van der Waals surface area (Å²) in [6.07, 6.45) is 12.5. The molecule has 0 aromatic heterocycles. The highest BCUT2D eigenvalue weighted by atomic mass is 13.9. The third-order valence-electron chi connectivity index (χ3n) is 1.52. The second-order valence-electron chi connectivity index (χ2n) is 2.57. The zero-order valence-corrected chi connectivity index (χ0v) is 7.47. The highest BCUT2D eigenvalue weighted by molar-refractivity contribution is 4.81. The lowest BCUT2D eigenvalue weighted by molar-refractivity contribution is 0.761. The molecule has 0 saturated carbocycles. The number of unbranched alkanes of at least 4 members (excludes halogenated alkanes) is 3. The van der Waals surface area contributed by atoms with E-state index in [9.17, 15) is 0 Å². The third kappa shape index (κ3) is 9.26. The van der Waals surface area contributed by atoms with Crippen molar-refractivity contribution in [2.75, 3.05) is 0 Å². The van der Waals surface area contributed by atoms with Crippen molar-refractivity contribution in [3.63, 3.8) is 0 Å². The predicted molar refractivity (Wildman–Crippen MR) is 51.6 cm³/mol. The molecule has 0 aliphatic rings. The van der Waals surface area contributed by atoms with E-state index in [1.165, 1.54) is 19.3 Å². The minimum Gasteiger partial charge on any atom is -0.133 e. The molecule has 0 spiro atoms. The van der Waals surface area contributed by atoms with E-state index in [1.807, 2.05) is 6.08 Å². The van der Waals surface area contributed by atoms with Gasteiger partial charge in [-0.25, -0.2) is 0 Å². The summed E-state index contributed by atoms with van der Waals surface area (Å²) < 4.78 is 0. The van der Waals surface area contributed by atoms with E-state index in [1.54, 1.807) is 0 Å². The largest absolute Gasteiger partial charge is 0.133 e. The maximum atomic E-state index is 3.51. The fourth-order valence-electron chi connectivity index (χ4n) is 0.895. The Hall–Kier alpha value is -0.740. The average molecular weight is 150 g/mol. The summed E-state index contributed by atoms with van der Waals surface area (Å²) in [4.78, 5) is 0. The summed E-state index contributed by atoms with van der Waals surface area (Å²) in [7, 11) is 0. The Labute approximate surface area is 70.3 Å². The van der Waals surface area contributed by atoms with E-state index < -0.39 is 0 Å². The van der Waals surface area contributed by atoms with Gasteiger partial charge in [0.1, 0.15) is 0 Å². The van der Waals surface area contributed by atoms with E-state index in [0.29, 0.717) is 0 Å². The van der Waals surface area contributed by atoms with E-state index in [2.05, 4.69) is 31.4 Å². The SMILES string of the molecule is C=C=CCCCCC=CCC. The molecule has 0 heterocycles. The van der Waals surface area contributed by atoms with Crippen LogP contribution < -0.4 is 0 Å². The van der Waals surface area contributed by atoms with Gasteiger partial charge in [-0.15, -0.1) is 5.73 Å². The highest BCUT2D eigenvalue weighted by Crippen LogP contribution is 2.01. The first-order chi connectivity index (χ1) is 5.41. The summed E-state index contributed by atoms with van der Waals surface area (Å²) in [5.41, 5.74) is 2.78. The molecule has 0 N–H and O–H groups in total. The zero-order chi connectivity index (χ0) is 8.36. The van der Waals surface area contributed by atoms with Gasteiger partial charge in [0.25, 0.3) is 0 Å². The Kier molecular flexibility index (Phi) is 8.64. The molecule has 0 aromatic carbocycles. The van der Waals surface area contributed by atoms with Crippen LogP contribution in [0.5, 0.6) is 0 Å². The Balaban J connectivity index is 3.02. The Morgan fingerprint density at radius 2 is 1.91 bits per heavy atom. The van der Waals surface area contributed by atoms with Gasteiger partial charge in [0, 0.05) is 0 Å². The number of allylic oxidation sites excluding steroid dienone is 3. The molecule has 0 aromatic rings. The molecule has 62 valence electrons. The van der Waals surface area contributed by atoms with Crippen LogP contribution in [0.3, 0.4) is 0 Å². The molecular weight excluding hydrogens is 132 g/mol. The number of hydrogen-bond donors (Lipinski definition) is 0. The van der Waals surface area contributed by atoms with Crippen LogP contribution in [0, 0.1) is 0 Å². The van der Waals surface area contributed by atoms with Gasteiger partial charge in [0.2, 0.25) is 0 Å². The molecule has 0 bridgehead atoms. The van der Waals surface area contributed by atoms with Gasteiger partial charge in [-0.3, -0.25) is 0 Å². The van der Waals surface area contributed by atoms with Crippen LogP contribution in [0.2, 0.25) is 0 Å². The molecule has 0 aliphatic heterocycles. The molecule has 0 amide bonds. The lowest BCUT2D eigenvalue weighted by Crippen LogP contribution is -1.71. The van der Waals surface area contributed by atoms with E-state index in [0.717, 1.165) is 12.8 Å². The second-order valence-corrected chi connectivity index (χ2v) is 2.57. The van der Waals surface area contributed by atoms with Crippen LogP contribution in [-0.2, 0) is 0 Å². The lowest BCUT2D eigenvalue weighted by atomic mass is 10.2. The molecule has 0 rings (SSSR count). The zero-order valence-electron chi connectivity index (χ0n) is 7.47. The molecule has 0 nitrogen and oxygen atoms in total. The first kappa shape index (κ1) is 10.3. The molecule has 0 aliphatic carbocycles. The maximum absolute atomic E-state index is 3.51. The maximum Gasteiger partial charge on any atom is -0.0274 e. The van der Waals surface area contributed by atoms with E-state index in [4.69, 9.17) is 0 Å². The topological polar surface area (TPSA) is 0 Å². The van der Waals surface area contributed by atoms with Crippen LogP contribution >= 0.6 is 0 Å². The third-order valence-corrected chi connectivity index (χ3v) is 1.52. The average Bonchev–Trinajstić information content (AvgIpc) is 2.03. The van der Waals surface area contributed by atoms with Crippen molar-refractivity contribution in [3.05, 3.63) is 30.5 Å². The first-order valence-corrected chi connectivity index (χ1v) is 4.41. The minimum atomic E-state index is 1.13. The Morgan fingerprint density at radius 1 is 1.18 bits per heavy atom. The fraction of sp³-hybridized carbons (Fsp3) is 0.545. The van der Waals surface area contributed by atoms with E-state index >= 15 is 0 Å². The van der Waals surface area contributed by atoms with Crippen LogP contribution in [0.4, 0.5) is 0 Å². The van der Waals surface area contributed by atoms with Crippen LogP contribution in [0.1, 0.15) is 39.0 Å². The summed E-state index contributed by atoms with van der Waals surface area (Å²) in [6.45, 7) is 5.68. The van der Waals surface area contributed by atoms with Crippen molar-refractivity contribution >= 4 is 0 Å². The molecule has 11 heavy (non-hydrogen) atoms.